The van der Waals surface area contributed by atoms with Gasteiger partial charge in [-0.3, -0.25) is 4.79 Å². The highest BCUT2D eigenvalue weighted by Gasteiger charge is 2.21. The molecule has 0 aromatic heterocycles. The predicted molar refractivity (Wildman–Crippen MR) is 114 cm³/mol. The second-order valence-electron chi connectivity index (χ2n) is 7.24. The Morgan fingerprint density at radius 2 is 1.80 bits per heavy atom. The molecule has 1 aliphatic rings. The minimum absolute atomic E-state index is 0.0751. The van der Waals surface area contributed by atoms with Crippen molar-refractivity contribution in [1.82, 2.24) is 10.6 Å². The number of rotatable bonds is 9. The van der Waals surface area contributed by atoms with Crippen LogP contribution < -0.4 is 21.7 Å². The minimum Gasteiger partial charge on any atom is -0.480 e. The molecule has 1 atom stereocenters. The fraction of sp³-hybridized carbons (Fsp3) is 0.318. The molecule has 1 aliphatic carbocycles. The van der Waals surface area contributed by atoms with E-state index in [1.807, 2.05) is 30.3 Å². The lowest BCUT2D eigenvalue weighted by Crippen LogP contribution is -2.43. The number of hydrogen-bond donors (Lipinski definition) is 5. The van der Waals surface area contributed by atoms with Gasteiger partial charge < -0.3 is 26.8 Å². The van der Waals surface area contributed by atoms with Crippen LogP contribution in [0.5, 0.6) is 0 Å². The van der Waals surface area contributed by atoms with Crippen molar-refractivity contribution in [3.8, 4) is 11.1 Å². The van der Waals surface area contributed by atoms with Crippen molar-refractivity contribution in [2.24, 2.45) is 5.73 Å². The maximum atomic E-state index is 12.3. The van der Waals surface area contributed by atoms with Gasteiger partial charge in [-0.1, -0.05) is 30.3 Å². The molecule has 2 aromatic rings. The maximum Gasteiger partial charge on any atom is 0.326 e. The number of nitrogens with one attached hydrogen (secondary N) is 3. The predicted octanol–water partition coefficient (Wildman–Crippen LogP) is 2.08. The van der Waals surface area contributed by atoms with E-state index in [4.69, 9.17) is 5.73 Å². The molecule has 0 unspecified atom stereocenters. The van der Waals surface area contributed by atoms with Crippen molar-refractivity contribution in [3.63, 3.8) is 0 Å². The highest BCUT2D eigenvalue weighted by Crippen LogP contribution is 2.37. The van der Waals surface area contributed by atoms with Crippen molar-refractivity contribution in [2.75, 3.05) is 18.4 Å². The number of benzene rings is 2. The van der Waals surface area contributed by atoms with E-state index in [-0.39, 0.29) is 18.9 Å². The Morgan fingerprint density at radius 1 is 1.03 bits per heavy atom. The number of unbranched alkanes of at least 4 members (excludes halogenated alkanes) is 1. The van der Waals surface area contributed by atoms with Crippen LogP contribution in [0.4, 0.5) is 10.5 Å². The lowest BCUT2D eigenvalue weighted by atomic mass is 10.1. The molecule has 8 nitrogen and oxygen atoms in total. The van der Waals surface area contributed by atoms with Crippen LogP contribution in [0, 0.1) is 0 Å². The fourth-order valence-electron chi connectivity index (χ4n) is 3.58. The summed E-state index contributed by atoms with van der Waals surface area (Å²) in [5.74, 6) is -1.35. The third-order valence-electron chi connectivity index (χ3n) is 5.08. The number of urea groups is 1. The van der Waals surface area contributed by atoms with Crippen LogP contribution in [-0.2, 0) is 16.0 Å². The largest absolute Gasteiger partial charge is 0.480 e. The van der Waals surface area contributed by atoms with E-state index >= 15 is 0 Å². The standard InChI is InChI=1S/C22H26N4O4/c23-13-20(27)24-10-4-3-7-19(21(28)29)26-22(30)25-16-8-9-18-15(12-16)11-14-5-1-2-6-17(14)18/h1-2,5-6,8-9,12,19H,3-4,7,10-11,13,23H2,(H,24,27)(H,28,29)(H2,25,26,30)/t19-/m0/s1. The van der Waals surface area contributed by atoms with Crippen LogP contribution in [0.3, 0.4) is 0 Å². The molecule has 6 N–H and O–H groups in total. The molecular weight excluding hydrogens is 384 g/mol. The van der Waals surface area contributed by atoms with Crippen LogP contribution in [0.1, 0.15) is 30.4 Å². The number of amides is 3. The molecule has 0 bridgehead atoms. The van der Waals surface area contributed by atoms with Gasteiger partial charge in [0.1, 0.15) is 6.04 Å². The summed E-state index contributed by atoms with van der Waals surface area (Å²) in [6.45, 7) is 0.348. The zero-order valence-corrected chi connectivity index (χ0v) is 16.6. The van der Waals surface area contributed by atoms with Crippen LogP contribution >= 0.6 is 0 Å². The van der Waals surface area contributed by atoms with Gasteiger partial charge in [-0.2, -0.15) is 0 Å². The average Bonchev–Trinajstić information content (AvgIpc) is 3.09. The molecule has 0 saturated carbocycles. The van der Waals surface area contributed by atoms with E-state index in [2.05, 4.69) is 28.1 Å². The number of carboxylic acids is 1. The van der Waals surface area contributed by atoms with E-state index in [9.17, 15) is 19.5 Å². The molecular formula is C22H26N4O4. The van der Waals surface area contributed by atoms with Gasteiger partial charge >= 0.3 is 12.0 Å². The van der Waals surface area contributed by atoms with E-state index in [1.165, 1.54) is 11.1 Å². The van der Waals surface area contributed by atoms with Gasteiger partial charge in [0.2, 0.25) is 5.91 Å². The minimum atomic E-state index is -1.10. The van der Waals surface area contributed by atoms with Crippen LogP contribution in [0.2, 0.25) is 0 Å². The second-order valence-corrected chi connectivity index (χ2v) is 7.24. The van der Waals surface area contributed by atoms with Gasteiger partial charge in [0.25, 0.3) is 0 Å². The van der Waals surface area contributed by atoms with E-state index in [0.29, 0.717) is 25.1 Å². The molecule has 0 fully saturated rings. The Balaban J connectivity index is 1.51. The van der Waals surface area contributed by atoms with Gasteiger partial charge in [-0.15, -0.1) is 0 Å². The molecule has 2 aromatic carbocycles. The van der Waals surface area contributed by atoms with Crippen LogP contribution in [-0.4, -0.2) is 42.1 Å². The second kappa shape index (κ2) is 9.89. The van der Waals surface area contributed by atoms with E-state index in [0.717, 1.165) is 17.5 Å². The zero-order chi connectivity index (χ0) is 21.5. The lowest BCUT2D eigenvalue weighted by molar-refractivity contribution is -0.139. The van der Waals surface area contributed by atoms with Gasteiger partial charge in [0.05, 0.1) is 6.54 Å². The first-order chi connectivity index (χ1) is 14.5. The number of aliphatic carboxylic acids is 1. The highest BCUT2D eigenvalue weighted by atomic mass is 16.4. The van der Waals surface area contributed by atoms with Crippen molar-refractivity contribution in [3.05, 3.63) is 53.6 Å². The SMILES string of the molecule is NCC(=O)NCCCC[C@H](NC(=O)Nc1ccc2c(c1)Cc1ccccc1-2)C(=O)O. The smallest absolute Gasteiger partial charge is 0.326 e. The van der Waals surface area contributed by atoms with Crippen molar-refractivity contribution >= 4 is 23.6 Å². The molecule has 0 aliphatic heterocycles. The first kappa shape index (κ1) is 21.3. The lowest BCUT2D eigenvalue weighted by Gasteiger charge is -2.15. The van der Waals surface area contributed by atoms with Crippen LogP contribution in [0.15, 0.2) is 42.5 Å². The normalized spacial score (nSPS) is 12.4. The number of carbonyl (C=O) groups is 3. The quantitative estimate of drug-likeness (QED) is 0.344. The number of anilines is 1. The Morgan fingerprint density at radius 3 is 2.57 bits per heavy atom. The number of nitrogens with two attached hydrogens (primary N) is 1. The molecule has 158 valence electrons. The number of carboxylic acid groups (broad SMARTS) is 1. The number of carbonyl (C=O) groups excluding carboxylic acids is 2. The fourth-order valence-corrected chi connectivity index (χ4v) is 3.58. The van der Waals surface area contributed by atoms with Gasteiger partial charge in [-0.25, -0.2) is 9.59 Å². The number of hydrogen-bond acceptors (Lipinski definition) is 4. The van der Waals surface area contributed by atoms with E-state index in [1.54, 1.807) is 0 Å². The summed E-state index contributed by atoms with van der Waals surface area (Å²) < 4.78 is 0. The summed E-state index contributed by atoms with van der Waals surface area (Å²) in [7, 11) is 0. The molecule has 0 heterocycles. The molecule has 30 heavy (non-hydrogen) atoms. The van der Waals surface area contributed by atoms with Gasteiger partial charge in [-0.05, 0) is 60.1 Å². The van der Waals surface area contributed by atoms with Crippen molar-refractivity contribution in [2.45, 2.75) is 31.7 Å². The monoisotopic (exact) mass is 410 g/mol. The maximum absolute atomic E-state index is 12.3. The third kappa shape index (κ3) is 5.36. The summed E-state index contributed by atoms with van der Waals surface area (Å²) >= 11 is 0. The van der Waals surface area contributed by atoms with E-state index < -0.39 is 18.0 Å². The summed E-state index contributed by atoms with van der Waals surface area (Å²) in [6, 6.07) is 12.3. The highest BCUT2D eigenvalue weighted by molar-refractivity contribution is 5.93. The number of fused-ring (bicyclic) bond motifs is 3. The Hall–Kier alpha value is -3.39. The van der Waals surface area contributed by atoms with Crippen molar-refractivity contribution in [1.29, 1.82) is 0 Å². The van der Waals surface area contributed by atoms with Gasteiger partial charge in [0.15, 0.2) is 0 Å². The summed E-state index contributed by atoms with van der Waals surface area (Å²) in [5.41, 5.74) is 10.6. The molecule has 8 heteroatoms. The Kier molecular flexibility index (Phi) is 7.03. The molecule has 0 radical (unpaired) electrons. The topological polar surface area (TPSA) is 134 Å². The Labute approximate surface area is 174 Å². The molecule has 0 saturated heterocycles. The molecule has 0 spiro atoms. The first-order valence-corrected chi connectivity index (χ1v) is 9.96. The zero-order valence-electron chi connectivity index (χ0n) is 16.6. The summed E-state index contributed by atoms with van der Waals surface area (Å²) in [5, 5.41) is 17.2. The summed E-state index contributed by atoms with van der Waals surface area (Å²) in [4.78, 5) is 34.8. The Bertz CT molecular complexity index is 944. The van der Waals surface area contributed by atoms with Crippen LogP contribution in [0.25, 0.3) is 11.1 Å². The summed E-state index contributed by atoms with van der Waals surface area (Å²) in [6.07, 6.45) is 2.21. The molecule has 3 rings (SSSR count). The molecule has 3 amide bonds. The third-order valence-corrected chi connectivity index (χ3v) is 5.08. The first-order valence-electron chi connectivity index (χ1n) is 9.96. The average molecular weight is 410 g/mol. The van der Waals surface area contributed by atoms with Crippen molar-refractivity contribution < 1.29 is 19.5 Å². The van der Waals surface area contributed by atoms with Gasteiger partial charge in [0, 0.05) is 12.2 Å².